The van der Waals surface area contributed by atoms with Gasteiger partial charge < -0.3 is 19.7 Å². The normalized spacial score (nSPS) is 10.2. The summed E-state index contributed by atoms with van der Waals surface area (Å²) in [5.74, 6) is 1.54. The predicted molar refractivity (Wildman–Crippen MR) is 104 cm³/mol. The fraction of sp³-hybridized carbons (Fsp3) is 0.150. The van der Waals surface area contributed by atoms with Gasteiger partial charge in [-0.2, -0.15) is 0 Å². The van der Waals surface area contributed by atoms with Crippen LogP contribution in [0, 0.1) is 0 Å². The monoisotopic (exact) mass is 364 g/mol. The molecule has 0 unspecified atom stereocenters. The lowest BCUT2D eigenvalue weighted by Gasteiger charge is -2.17. The second-order valence-corrected chi connectivity index (χ2v) is 5.68. The van der Waals surface area contributed by atoms with E-state index in [1.807, 2.05) is 30.3 Å². The molecule has 1 N–H and O–H groups in total. The van der Waals surface area contributed by atoms with Gasteiger partial charge in [0.1, 0.15) is 29.3 Å². The number of nitrogens with zero attached hydrogens (tertiary/aromatic N) is 3. The third-order valence-electron chi connectivity index (χ3n) is 4.00. The van der Waals surface area contributed by atoms with Gasteiger partial charge in [-0.3, -0.25) is 4.79 Å². The molecule has 0 aliphatic carbocycles. The Labute approximate surface area is 157 Å². The van der Waals surface area contributed by atoms with Gasteiger partial charge in [0, 0.05) is 24.9 Å². The summed E-state index contributed by atoms with van der Waals surface area (Å²) in [4.78, 5) is 22.6. The van der Waals surface area contributed by atoms with Crippen LogP contribution in [0.4, 0.5) is 17.2 Å². The Bertz CT molecular complexity index is 932. The Morgan fingerprint density at radius 3 is 2.48 bits per heavy atom. The fourth-order valence-corrected chi connectivity index (χ4v) is 2.53. The van der Waals surface area contributed by atoms with E-state index in [2.05, 4.69) is 15.3 Å². The molecule has 1 amide bonds. The van der Waals surface area contributed by atoms with Gasteiger partial charge in [0.15, 0.2) is 0 Å². The molecular weight excluding hydrogens is 344 g/mol. The number of aromatic nitrogens is 2. The van der Waals surface area contributed by atoms with Crippen LogP contribution in [0.3, 0.4) is 0 Å². The minimum atomic E-state index is -0.232. The molecular formula is C20H20N4O3. The molecule has 1 heterocycles. The zero-order chi connectivity index (χ0) is 19.2. The Hall–Kier alpha value is -3.61. The number of hydrogen-bond donors (Lipinski definition) is 1. The van der Waals surface area contributed by atoms with Crippen LogP contribution in [-0.2, 0) is 0 Å². The zero-order valence-electron chi connectivity index (χ0n) is 15.3. The molecule has 27 heavy (non-hydrogen) atoms. The van der Waals surface area contributed by atoms with Crippen LogP contribution in [0.5, 0.6) is 11.5 Å². The SMILES string of the molecule is COc1ccc(OC)c(Nc2cc(C(=O)N(C)c3ccccc3)ncn2)c1. The maximum Gasteiger partial charge on any atom is 0.276 e. The first-order chi connectivity index (χ1) is 13.1. The van der Waals surface area contributed by atoms with Crippen molar-refractivity contribution in [3.8, 4) is 11.5 Å². The van der Waals surface area contributed by atoms with Gasteiger partial charge in [-0.1, -0.05) is 18.2 Å². The lowest BCUT2D eigenvalue weighted by atomic mass is 10.2. The summed E-state index contributed by atoms with van der Waals surface area (Å²) in [5, 5.41) is 3.15. The minimum absolute atomic E-state index is 0.232. The van der Waals surface area contributed by atoms with Gasteiger partial charge in [0.05, 0.1) is 19.9 Å². The van der Waals surface area contributed by atoms with E-state index in [0.29, 0.717) is 23.0 Å². The number of hydrogen-bond acceptors (Lipinski definition) is 6. The molecule has 7 nitrogen and oxygen atoms in total. The standard InChI is InChI=1S/C20H20N4O3/c1-24(14-7-5-4-6-8-14)20(25)17-12-19(22-13-21-17)23-16-11-15(26-2)9-10-18(16)27-3/h4-13H,1-3H3,(H,21,22,23). The average molecular weight is 364 g/mol. The summed E-state index contributed by atoms with van der Waals surface area (Å²) in [6.07, 6.45) is 1.35. The van der Waals surface area contributed by atoms with Crippen molar-refractivity contribution in [3.05, 3.63) is 66.6 Å². The average Bonchev–Trinajstić information content (AvgIpc) is 2.73. The number of amides is 1. The molecule has 2 aromatic carbocycles. The highest BCUT2D eigenvalue weighted by Gasteiger charge is 2.16. The summed E-state index contributed by atoms with van der Waals surface area (Å²) in [6.45, 7) is 0. The molecule has 0 saturated heterocycles. The van der Waals surface area contributed by atoms with Crippen molar-refractivity contribution < 1.29 is 14.3 Å². The minimum Gasteiger partial charge on any atom is -0.497 e. The fourth-order valence-electron chi connectivity index (χ4n) is 2.53. The molecule has 0 radical (unpaired) electrons. The molecule has 0 aliphatic heterocycles. The Morgan fingerprint density at radius 2 is 1.78 bits per heavy atom. The van der Waals surface area contributed by atoms with Crippen LogP contribution in [0.2, 0.25) is 0 Å². The highest BCUT2D eigenvalue weighted by atomic mass is 16.5. The molecule has 3 rings (SSSR count). The van der Waals surface area contributed by atoms with E-state index in [0.717, 1.165) is 5.69 Å². The van der Waals surface area contributed by atoms with Gasteiger partial charge in [0.25, 0.3) is 5.91 Å². The van der Waals surface area contributed by atoms with Crippen LogP contribution in [0.25, 0.3) is 0 Å². The first-order valence-corrected chi connectivity index (χ1v) is 8.26. The Kier molecular flexibility index (Phi) is 5.51. The summed E-state index contributed by atoms with van der Waals surface area (Å²) in [6, 6.07) is 16.3. The van der Waals surface area contributed by atoms with Crippen molar-refractivity contribution in [1.29, 1.82) is 0 Å². The summed E-state index contributed by atoms with van der Waals surface area (Å²) < 4.78 is 10.6. The predicted octanol–water partition coefficient (Wildman–Crippen LogP) is 3.51. The van der Waals surface area contributed by atoms with Gasteiger partial charge in [0.2, 0.25) is 0 Å². The number of rotatable bonds is 6. The molecule has 0 spiro atoms. The van der Waals surface area contributed by atoms with E-state index in [-0.39, 0.29) is 11.6 Å². The number of carbonyl (C=O) groups is 1. The molecule has 0 aliphatic rings. The summed E-state index contributed by atoms with van der Waals surface area (Å²) >= 11 is 0. The number of ether oxygens (including phenoxy) is 2. The second kappa shape index (κ2) is 8.18. The van der Waals surface area contributed by atoms with E-state index in [9.17, 15) is 4.79 Å². The smallest absolute Gasteiger partial charge is 0.276 e. The third kappa shape index (κ3) is 4.14. The maximum absolute atomic E-state index is 12.7. The Morgan fingerprint density at radius 1 is 1.00 bits per heavy atom. The highest BCUT2D eigenvalue weighted by Crippen LogP contribution is 2.31. The molecule has 0 bridgehead atoms. The van der Waals surface area contributed by atoms with Gasteiger partial charge >= 0.3 is 0 Å². The molecule has 0 saturated carbocycles. The second-order valence-electron chi connectivity index (χ2n) is 5.68. The summed E-state index contributed by atoms with van der Waals surface area (Å²) in [7, 11) is 4.88. The number of methoxy groups -OCH3 is 2. The zero-order valence-corrected chi connectivity index (χ0v) is 15.3. The number of nitrogens with one attached hydrogen (secondary N) is 1. The number of carbonyl (C=O) groups excluding carboxylic acids is 1. The lowest BCUT2D eigenvalue weighted by Crippen LogP contribution is -2.27. The van der Waals surface area contributed by atoms with Crippen molar-refractivity contribution in [2.45, 2.75) is 0 Å². The first-order valence-electron chi connectivity index (χ1n) is 8.26. The van der Waals surface area contributed by atoms with Gasteiger partial charge in [-0.15, -0.1) is 0 Å². The van der Waals surface area contributed by atoms with E-state index < -0.39 is 0 Å². The van der Waals surface area contributed by atoms with Crippen molar-refractivity contribution in [2.75, 3.05) is 31.5 Å². The van der Waals surface area contributed by atoms with Gasteiger partial charge in [-0.25, -0.2) is 9.97 Å². The number of para-hydroxylation sites is 1. The molecule has 7 heteroatoms. The molecule has 0 atom stereocenters. The van der Waals surface area contributed by atoms with E-state index in [1.165, 1.54) is 11.2 Å². The molecule has 1 aromatic heterocycles. The lowest BCUT2D eigenvalue weighted by molar-refractivity contribution is 0.0988. The van der Waals surface area contributed by atoms with Crippen LogP contribution in [0.15, 0.2) is 60.9 Å². The number of benzene rings is 2. The van der Waals surface area contributed by atoms with Crippen LogP contribution in [0.1, 0.15) is 10.5 Å². The van der Waals surface area contributed by atoms with E-state index in [1.54, 1.807) is 45.5 Å². The molecule has 138 valence electrons. The first kappa shape index (κ1) is 18.2. The van der Waals surface area contributed by atoms with E-state index >= 15 is 0 Å². The van der Waals surface area contributed by atoms with Crippen LogP contribution >= 0.6 is 0 Å². The quantitative estimate of drug-likeness (QED) is 0.721. The van der Waals surface area contributed by atoms with E-state index in [4.69, 9.17) is 9.47 Å². The molecule has 0 fully saturated rings. The van der Waals surface area contributed by atoms with Crippen LogP contribution < -0.4 is 19.7 Å². The maximum atomic E-state index is 12.7. The summed E-state index contributed by atoms with van der Waals surface area (Å²) in [5.41, 5.74) is 1.73. The van der Waals surface area contributed by atoms with Crippen molar-refractivity contribution in [3.63, 3.8) is 0 Å². The largest absolute Gasteiger partial charge is 0.497 e. The van der Waals surface area contributed by atoms with Crippen LogP contribution in [-0.4, -0.2) is 37.1 Å². The van der Waals surface area contributed by atoms with Crippen molar-refractivity contribution >= 4 is 23.1 Å². The number of anilines is 3. The van der Waals surface area contributed by atoms with Gasteiger partial charge in [-0.05, 0) is 24.3 Å². The van der Waals surface area contributed by atoms with Crippen molar-refractivity contribution in [2.24, 2.45) is 0 Å². The van der Waals surface area contributed by atoms with Crippen molar-refractivity contribution in [1.82, 2.24) is 9.97 Å². The molecule has 3 aromatic rings. The highest BCUT2D eigenvalue weighted by molar-refractivity contribution is 6.04. The Balaban J connectivity index is 1.85. The third-order valence-corrected chi connectivity index (χ3v) is 4.00. The topological polar surface area (TPSA) is 76.6 Å².